The van der Waals surface area contributed by atoms with E-state index in [1.807, 2.05) is 13.8 Å². The lowest BCUT2D eigenvalue weighted by Gasteiger charge is -2.14. The molecule has 2 rings (SSSR count). The number of fused-ring (bicyclic) bond motifs is 1. The van der Waals surface area contributed by atoms with Crippen molar-refractivity contribution in [1.29, 1.82) is 0 Å². The fraction of sp³-hybridized carbons (Fsp3) is 0.500. The lowest BCUT2D eigenvalue weighted by atomic mass is 10.2. The molecule has 0 aliphatic heterocycles. The standard InChI is InChI=1S/C14H19N3O3S/c1-4-9(3)15-11(18)8-17-10-6-7-21-12(10)13(19)16(5-2)14(17)20/h6-7,9H,4-5,8H2,1-3H3,(H,15,18)/t9-/m1/s1. The molecule has 0 aliphatic rings. The molecule has 21 heavy (non-hydrogen) atoms. The van der Waals surface area contributed by atoms with Crippen LogP contribution < -0.4 is 16.6 Å². The van der Waals surface area contributed by atoms with Crippen LogP contribution in [-0.4, -0.2) is 21.1 Å². The molecule has 1 amide bonds. The summed E-state index contributed by atoms with van der Waals surface area (Å²) in [4.78, 5) is 36.6. The SMILES string of the molecule is CC[C@@H](C)NC(=O)Cn1c(=O)n(CC)c(=O)c2sccc21. The normalized spacial score (nSPS) is 12.5. The van der Waals surface area contributed by atoms with Gasteiger partial charge in [-0.05, 0) is 31.7 Å². The molecule has 114 valence electrons. The van der Waals surface area contributed by atoms with Gasteiger partial charge in [-0.1, -0.05) is 6.92 Å². The molecule has 0 aromatic carbocycles. The number of carbonyl (C=O) groups is 1. The van der Waals surface area contributed by atoms with Crippen molar-refractivity contribution in [2.24, 2.45) is 0 Å². The highest BCUT2D eigenvalue weighted by Gasteiger charge is 2.16. The van der Waals surface area contributed by atoms with Gasteiger partial charge in [0.25, 0.3) is 5.56 Å². The van der Waals surface area contributed by atoms with Crippen molar-refractivity contribution >= 4 is 27.5 Å². The van der Waals surface area contributed by atoms with Gasteiger partial charge in [-0.3, -0.25) is 18.7 Å². The Balaban J connectivity index is 2.49. The van der Waals surface area contributed by atoms with Crippen LogP contribution in [0.2, 0.25) is 0 Å². The second kappa shape index (κ2) is 6.26. The Morgan fingerprint density at radius 3 is 2.67 bits per heavy atom. The van der Waals surface area contributed by atoms with Gasteiger partial charge in [0.1, 0.15) is 11.2 Å². The fourth-order valence-electron chi connectivity index (χ4n) is 2.13. The van der Waals surface area contributed by atoms with Gasteiger partial charge in [-0.2, -0.15) is 0 Å². The zero-order valence-corrected chi connectivity index (χ0v) is 13.2. The third-order valence-electron chi connectivity index (χ3n) is 3.47. The number of hydrogen-bond acceptors (Lipinski definition) is 4. The molecule has 2 heterocycles. The average Bonchev–Trinajstić information content (AvgIpc) is 2.93. The first-order valence-electron chi connectivity index (χ1n) is 6.99. The maximum atomic E-state index is 12.4. The van der Waals surface area contributed by atoms with Crippen LogP contribution in [0.25, 0.3) is 10.2 Å². The van der Waals surface area contributed by atoms with Gasteiger partial charge in [0, 0.05) is 12.6 Å². The van der Waals surface area contributed by atoms with Crippen LogP contribution in [0.5, 0.6) is 0 Å². The predicted molar refractivity (Wildman–Crippen MR) is 83.9 cm³/mol. The molecule has 0 saturated heterocycles. The summed E-state index contributed by atoms with van der Waals surface area (Å²) >= 11 is 1.29. The monoisotopic (exact) mass is 309 g/mol. The molecule has 0 saturated carbocycles. The minimum atomic E-state index is -0.437. The molecule has 1 atom stereocenters. The van der Waals surface area contributed by atoms with Crippen LogP contribution in [0.4, 0.5) is 0 Å². The van der Waals surface area contributed by atoms with E-state index in [0.717, 1.165) is 11.0 Å². The Bertz CT molecular complexity index is 772. The second-order valence-electron chi connectivity index (χ2n) is 4.93. The largest absolute Gasteiger partial charge is 0.352 e. The van der Waals surface area contributed by atoms with Crippen molar-refractivity contribution in [2.75, 3.05) is 0 Å². The number of hydrogen-bond donors (Lipinski definition) is 1. The number of nitrogens with one attached hydrogen (secondary N) is 1. The Morgan fingerprint density at radius 2 is 2.05 bits per heavy atom. The highest BCUT2D eigenvalue weighted by Crippen LogP contribution is 2.15. The molecule has 0 fully saturated rings. The summed E-state index contributed by atoms with van der Waals surface area (Å²) in [6.45, 7) is 5.85. The minimum absolute atomic E-state index is 0.0586. The molecule has 0 spiro atoms. The molecule has 1 N–H and O–H groups in total. The highest BCUT2D eigenvalue weighted by atomic mass is 32.1. The van der Waals surface area contributed by atoms with Gasteiger partial charge in [-0.25, -0.2) is 4.79 Å². The van der Waals surface area contributed by atoms with E-state index in [-0.39, 0.29) is 24.1 Å². The lowest BCUT2D eigenvalue weighted by molar-refractivity contribution is -0.122. The quantitative estimate of drug-likeness (QED) is 0.901. The van der Waals surface area contributed by atoms with E-state index in [9.17, 15) is 14.4 Å². The van der Waals surface area contributed by atoms with E-state index in [2.05, 4.69) is 5.32 Å². The molecule has 7 heteroatoms. The summed E-state index contributed by atoms with van der Waals surface area (Å²) in [7, 11) is 0. The van der Waals surface area contributed by atoms with Gasteiger partial charge >= 0.3 is 5.69 Å². The van der Waals surface area contributed by atoms with E-state index in [1.54, 1.807) is 18.4 Å². The Labute approximate surface area is 126 Å². The number of rotatable bonds is 5. The van der Waals surface area contributed by atoms with Crippen LogP contribution in [0.15, 0.2) is 21.0 Å². The molecule has 0 radical (unpaired) electrons. The van der Waals surface area contributed by atoms with Crippen molar-refractivity contribution in [1.82, 2.24) is 14.5 Å². The molecule has 0 aliphatic carbocycles. The fourth-order valence-corrected chi connectivity index (χ4v) is 2.97. The first-order valence-corrected chi connectivity index (χ1v) is 7.87. The summed E-state index contributed by atoms with van der Waals surface area (Å²) in [5, 5.41) is 4.59. The van der Waals surface area contributed by atoms with Crippen LogP contribution in [0.1, 0.15) is 27.2 Å². The molecule has 0 unspecified atom stereocenters. The third-order valence-corrected chi connectivity index (χ3v) is 4.37. The van der Waals surface area contributed by atoms with Crippen LogP contribution in [-0.2, 0) is 17.9 Å². The van der Waals surface area contributed by atoms with Crippen LogP contribution in [0, 0.1) is 0 Å². The molecule has 2 aromatic rings. The molecule has 6 nitrogen and oxygen atoms in total. The number of amides is 1. The second-order valence-corrected chi connectivity index (χ2v) is 5.85. The number of nitrogens with zero attached hydrogens (tertiary/aromatic N) is 2. The first kappa shape index (κ1) is 15.5. The summed E-state index contributed by atoms with van der Waals surface area (Å²) in [6, 6.07) is 1.77. The zero-order chi connectivity index (χ0) is 15.6. The summed E-state index contributed by atoms with van der Waals surface area (Å²) in [6.07, 6.45) is 0.822. The highest BCUT2D eigenvalue weighted by molar-refractivity contribution is 7.17. The molecule has 2 aromatic heterocycles. The maximum absolute atomic E-state index is 12.4. The van der Waals surface area contributed by atoms with Gasteiger partial charge in [0.2, 0.25) is 5.91 Å². The van der Waals surface area contributed by atoms with Crippen molar-refractivity contribution in [3.63, 3.8) is 0 Å². The average molecular weight is 309 g/mol. The van der Waals surface area contributed by atoms with Crippen molar-refractivity contribution in [2.45, 2.75) is 46.3 Å². The maximum Gasteiger partial charge on any atom is 0.331 e. The van der Waals surface area contributed by atoms with E-state index < -0.39 is 5.69 Å². The Kier molecular flexibility index (Phi) is 4.62. The van der Waals surface area contributed by atoms with E-state index >= 15 is 0 Å². The van der Waals surface area contributed by atoms with Gasteiger partial charge in [0.15, 0.2) is 0 Å². The van der Waals surface area contributed by atoms with E-state index in [1.165, 1.54) is 15.9 Å². The lowest BCUT2D eigenvalue weighted by Crippen LogP contribution is -2.43. The van der Waals surface area contributed by atoms with Crippen LogP contribution >= 0.6 is 11.3 Å². The Morgan fingerprint density at radius 1 is 1.33 bits per heavy atom. The smallest absolute Gasteiger partial charge is 0.331 e. The summed E-state index contributed by atoms with van der Waals surface area (Å²) in [5.74, 6) is -0.222. The molecular weight excluding hydrogens is 290 g/mol. The first-order chi connectivity index (χ1) is 9.99. The van der Waals surface area contributed by atoms with Crippen LogP contribution in [0.3, 0.4) is 0 Å². The zero-order valence-electron chi connectivity index (χ0n) is 12.4. The predicted octanol–water partition coefficient (Wildman–Crippen LogP) is 1.16. The summed E-state index contributed by atoms with van der Waals surface area (Å²) in [5.41, 5.74) is -0.196. The number of aromatic nitrogens is 2. The van der Waals surface area contributed by atoms with Crippen molar-refractivity contribution in [3.05, 3.63) is 32.3 Å². The third kappa shape index (κ3) is 2.92. The van der Waals surface area contributed by atoms with E-state index in [0.29, 0.717) is 16.8 Å². The number of thiophene rings is 1. The van der Waals surface area contributed by atoms with E-state index in [4.69, 9.17) is 0 Å². The van der Waals surface area contributed by atoms with Crippen molar-refractivity contribution < 1.29 is 4.79 Å². The minimum Gasteiger partial charge on any atom is -0.352 e. The number of carbonyl (C=O) groups excluding carboxylic acids is 1. The molecular formula is C14H19N3O3S. The topological polar surface area (TPSA) is 73.1 Å². The van der Waals surface area contributed by atoms with Gasteiger partial charge in [0.05, 0.1) is 5.52 Å². The van der Waals surface area contributed by atoms with Gasteiger partial charge < -0.3 is 5.32 Å². The molecule has 0 bridgehead atoms. The van der Waals surface area contributed by atoms with Crippen molar-refractivity contribution in [3.8, 4) is 0 Å². The van der Waals surface area contributed by atoms with Gasteiger partial charge in [-0.15, -0.1) is 11.3 Å². The Hall–Kier alpha value is -1.89. The summed E-state index contributed by atoms with van der Waals surface area (Å²) < 4.78 is 3.04.